The summed E-state index contributed by atoms with van der Waals surface area (Å²) in [5.41, 5.74) is 0.181. The SMILES string of the molecule is CC(=O)c1cc(-c2ccc(F)cc2F)on1. The first-order valence-corrected chi connectivity index (χ1v) is 4.51. The van der Waals surface area contributed by atoms with Gasteiger partial charge in [-0.05, 0) is 12.1 Å². The van der Waals surface area contributed by atoms with Crippen LogP contribution < -0.4 is 0 Å². The Morgan fingerprint density at radius 1 is 1.31 bits per heavy atom. The summed E-state index contributed by atoms with van der Waals surface area (Å²) < 4.78 is 30.8. The zero-order valence-corrected chi connectivity index (χ0v) is 8.33. The van der Waals surface area contributed by atoms with Crippen LogP contribution in [-0.4, -0.2) is 10.9 Å². The summed E-state index contributed by atoms with van der Waals surface area (Å²) in [4.78, 5) is 11.0. The fraction of sp³-hybridized carbons (Fsp3) is 0.0909. The first-order valence-electron chi connectivity index (χ1n) is 4.51. The highest BCUT2D eigenvalue weighted by molar-refractivity contribution is 5.92. The third-order valence-corrected chi connectivity index (χ3v) is 2.07. The number of benzene rings is 1. The first-order chi connectivity index (χ1) is 7.58. The van der Waals surface area contributed by atoms with Crippen molar-refractivity contribution in [1.82, 2.24) is 5.16 Å². The van der Waals surface area contributed by atoms with Crippen molar-refractivity contribution in [3.63, 3.8) is 0 Å². The van der Waals surface area contributed by atoms with Crippen molar-refractivity contribution in [3.05, 3.63) is 41.6 Å². The van der Waals surface area contributed by atoms with Crippen LogP contribution in [0.4, 0.5) is 8.78 Å². The fourth-order valence-corrected chi connectivity index (χ4v) is 1.26. The molecule has 5 heteroatoms. The second kappa shape index (κ2) is 3.84. The van der Waals surface area contributed by atoms with E-state index in [1.165, 1.54) is 19.1 Å². The van der Waals surface area contributed by atoms with Crippen LogP contribution in [0.1, 0.15) is 17.4 Å². The minimum atomic E-state index is -0.758. The van der Waals surface area contributed by atoms with Crippen LogP contribution >= 0.6 is 0 Å². The molecule has 1 aromatic carbocycles. The molecule has 0 N–H and O–H groups in total. The fourth-order valence-electron chi connectivity index (χ4n) is 1.26. The van der Waals surface area contributed by atoms with E-state index >= 15 is 0 Å². The highest BCUT2D eigenvalue weighted by Crippen LogP contribution is 2.24. The summed E-state index contributed by atoms with van der Waals surface area (Å²) in [6.45, 7) is 1.32. The van der Waals surface area contributed by atoms with Gasteiger partial charge >= 0.3 is 0 Å². The Hall–Kier alpha value is -2.04. The van der Waals surface area contributed by atoms with Gasteiger partial charge in [0.15, 0.2) is 11.5 Å². The second-order valence-corrected chi connectivity index (χ2v) is 3.26. The summed E-state index contributed by atoms with van der Waals surface area (Å²) in [7, 11) is 0. The summed E-state index contributed by atoms with van der Waals surface area (Å²) in [6.07, 6.45) is 0. The predicted molar refractivity (Wildman–Crippen MR) is 51.9 cm³/mol. The number of carbonyl (C=O) groups excluding carboxylic acids is 1. The van der Waals surface area contributed by atoms with E-state index in [1.54, 1.807) is 0 Å². The van der Waals surface area contributed by atoms with E-state index in [2.05, 4.69) is 5.16 Å². The van der Waals surface area contributed by atoms with Crippen LogP contribution in [0, 0.1) is 11.6 Å². The standard InChI is InChI=1S/C11H7F2NO2/c1-6(15)10-5-11(16-14-10)8-3-2-7(12)4-9(8)13/h2-5H,1H3. The molecule has 0 aliphatic carbocycles. The van der Waals surface area contributed by atoms with Gasteiger partial charge in [0.2, 0.25) is 0 Å². The van der Waals surface area contributed by atoms with Crippen LogP contribution in [-0.2, 0) is 0 Å². The summed E-state index contributed by atoms with van der Waals surface area (Å²) in [5, 5.41) is 3.47. The van der Waals surface area contributed by atoms with Crippen molar-refractivity contribution >= 4 is 5.78 Å². The number of carbonyl (C=O) groups is 1. The molecule has 0 spiro atoms. The van der Waals surface area contributed by atoms with Gasteiger partial charge in [-0.1, -0.05) is 5.16 Å². The number of hydrogen-bond acceptors (Lipinski definition) is 3. The Morgan fingerprint density at radius 3 is 2.62 bits per heavy atom. The maximum absolute atomic E-state index is 13.3. The number of hydrogen-bond donors (Lipinski definition) is 0. The molecule has 0 saturated heterocycles. The second-order valence-electron chi connectivity index (χ2n) is 3.26. The normalized spacial score (nSPS) is 10.4. The molecule has 0 fully saturated rings. The highest BCUT2D eigenvalue weighted by Gasteiger charge is 2.13. The third kappa shape index (κ3) is 1.84. The number of halogens is 2. The molecule has 0 saturated carbocycles. The van der Waals surface area contributed by atoms with Crippen molar-refractivity contribution in [1.29, 1.82) is 0 Å². The van der Waals surface area contributed by atoms with E-state index in [0.29, 0.717) is 0 Å². The summed E-state index contributed by atoms with van der Waals surface area (Å²) >= 11 is 0. The topological polar surface area (TPSA) is 43.1 Å². The minimum absolute atomic E-state index is 0.0707. The Balaban J connectivity index is 2.46. The zero-order chi connectivity index (χ0) is 11.7. The molecule has 0 aliphatic heterocycles. The Bertz CT molecular complexity index is 549. The van der Waals surface area contributed by atoms with Crippen molar-refractivity contribution in [2.24, 2.45) is 0 Å². The molecule has 0 radical (unpaired) electrons. The minimum Gasteiger partial charge on any atom is -0.355 e. The van der Waals surface area contributed by atoms with Gasteiger partial charge in [0.05, 0.1) is 5.56 Å². The lowest BCUT2D eigenvalue weighted by atomic mass is 10.1. The number of rotatable bonds is 2. The van der Waals surface area contributed by atoms with Crippen LogP contribution in [0.25, 0.3) is 11.3 Å². The van der Waals surface area contributed by atoms with Gasteiger partial charge in [-0.2, -0.15) is 0 Å². The number of ketones is 1. The van der Waals surface area contributed by atoms with Crippen LogP contribution in [0.5, 0.6) is 0 Å². The summed E-state index contributed by atoms with van der Waals surface area (Å²) in [5.74, 6) is -1.61. The monoisotopic (exact) mass is 223 g/mol. The van der Waals surface area contributed by atoms with Crippen LogP contribution in [0.2, 0.25) is 0 Å². The van der Waals surface area contributed by atoms with Crippen molar-refractivity contribution < 1.29 is 18.1 Å². The van der Waals surface area contributed by atoms with Gasteiger partial charge in [0, 0.05) is 19.1 Å². The van der Waals surface area contributed by atoms with Crippen molar-refractivity contribution in [2.45, 2.75) is 6.92 Å². The molecule has 1 aromatic heterocycles. The molecule has 0 bridgehead atoms. The van der Waals surface area contributed by atoms with Crippen molar-refractivity contribution in [3.8, 4) is 11.3 Å². The molecule has 0 aliphatic rings. The van der Waals surface area contributed by atoms with Gasteiger partial charge in [0.25, 0.3) is 0 Å². The zero-order valence-electron chi connectivity index (χ0n) is 8.33. The van der Waals surface area contributed by atoms with E-state index in [0.717, 1.165) is 12.1 Å². The first kappa shape index (κ1) is 10.5. The van der Waals surface area contributed by atoms with Gasteiger partial charge in [-0.25, -0.2) is 8.78 Å². The average molecular weight is 223 g/mol. The lowest BCUT2D eigenvalue weighted by Crippen LogP contribution is -1.89. The maximum atomic E-state index is 13.3. The Morgan fingerprint density at radius 2 is 2.06 bits per heavy atom. The lowest BCUT2D eigenvalue weighted by molar-refractivity contribution is 0.100. The third-order valence-electron chi connectivity index (χ3n) is 2.07. The molecule has 0 amide bonds. The van der Waals surface area contributed by atoms with E-state index in [4.69, 9.17) is 4.52 Å². The molecule has 2 aromatic rings. The molecule has 3 nitrogen and oxygen atoms in total. The van der Waals surface area contributed by atoms with E-state index in [-0.39, 0.29) is 22.8 Å². The largest absolute Gasteiger partial charge is 0.355 e. The van der Waals surface area contributed by atoms with Gasteiger partial charge in [-0.15, -0.1) is 0 Å². The molecule has 1 heterocycles. The van der Waals surface area contributed by atoms with E-state index < -0.39 is 11.6 Å². The summed E-state index contributed by atoms with van der Waals surface area (Å²) in [6, 6.07) is 4.40. The Labute approximate surface area is 89.7 Å². The number of aromatic nitrogens is 1. The van der Waals surface area contributed by atoms with E-state index in [9.17, 15) is 13.6 Å². The smallest absolute Gasteiger partial charge is 0.181 e. The highest BCUT2D eigenvalue weighted by atomic mass is 19.1. The molecule has 2 rings (SSSR count). The Kier molecular flexibility index (Phi) is 2.52. The van der Waals surface area contributed by atoms with Crippen molar-refractivity contribution in [2.75, 3.05) is 0 Å². The lowest BCUT2D eigenvalue weighted by Gasteiger charge is -1.97. The number of Topliss-reactive ketones (excluding diaryl/α,β-unsaturated/α-hetero) is 1. The molecular formula is C11H7F2NO2. The van der Waals surface area contributed by atoms with Gasteiger partial charge in [-0.3, -0.25) is 4.79 Å². The van der Waals surface area contributed by atoms with Crippen LogP contribution in [0.3, 0.4) is 0 Å². The maximum Gasteiger partial charge on any atom is 0.181 e. The molecule has 0 unspecified atom stereocenters. The molecule has 16 heavy (non-hydrogen) atoms. The van der Waals surface area contributed by atoms with Gasteiger partial charge < -0.3 is 4.52 Å². The van der Waals surface area contributed by atoms with Gasteiger partial charge in [0.1, 0.15) is 17.3 Å². The molecular weight excluding hydrogens is 216 g/mol. The van der Waals surface area contributed by atoms with E-state index in [1.807, 2.05) is 0 Å². The predicted octanol–water partition coefficient (Wildman–Crippen LogP) is 2.82. The molecule has 0 atom stereocenters. The quantitative estimate of drug-likeness (QED) is 0.735. The average Bonchev–Trinajstić information content (AvgIpc) is 2.66. The van der Waals surface area contributed by atoms with Crippen LogP contribution in [0.15, 0.2) is 28.8 Å². The molecule has 82 valence electrons. The number of nitrogens with zero attached hydrogens (tertiary/aromatic N) is 1.